The molecule has 0 fully saturated rings. The number of halogens is 2. The Morgan fingerprint density at radius 3 is 2.45 bits per heavy atom. The van der Waals surface area contributed by atoms with Crippen LogP contribution < -0.4 is 10.1 Å². The van der Waals surface area contributed by atoms with Crippen LogP contribution in [0.15, 0.2) is 61.1 Å². The first-order valence-corrected chi connectivity index (χ1v) is 10.2. The lowest BCUT2D eigenvalue weighted by atomic mass is 10.2. The number of nitrogens with zero attached hydrogens (tertiary/aromatic N) is 5. The van der Waals surface area contributed by atoms with Gasteiger partial charge in [-0.2, -0.15) is 4.98 Å². The number of anilines is 2. The fraction of sp³-hybridized carbons (Fsp3) is 0.125. The molecule has 0 spiro atoms. The predicted octanol–water partition coefficient (Wildman–Crippen LogP) is 5.16. The zero-order valence-electron chi connectivity index (χ0n) is 18.2. The van der Waals surface area contributed by atoms with Crippen molar-refractivity contribution in [1.29, 1.82) is 0 Å². The van der Waals surface area contributed by atoms with Crippen LogP contribution >= 0.6 is 0 Å². The predicted molar refractivity (Wildman–Crippen MR) is 122 cm³/mol. The van der Waals surface area contributed by atoms with Gasteiger partial charge in [0.1, 0.15) is 23.0 Å². The first-order valence-electron chi connectivity index (χ1n) is 10.2. The maximum atomic E-state index is 14.9. The Hall–Kier alpha value is -4.27. The van der Waals surface area contributed by atoms with Crippen molar-refractivity contribution in [3.05, 3.63) is 78.4 Å². The number of fused-ring (bicyclic) bond motifs is 1. The van der Waals surface area contributed by atoms with Gasteiger partial charge in [0, 0.05) is 30.6 Å². The molecule has 3 heterocycles. The standard InChI is InChI=1S/C24H20F2N6O/c1-14-12-32(13-27-14)20-9-8-17(10-18(20)26)28-19-11-21(33-3)29-24-22(19)30-23(31(24)2)15-4-6-16(25)7-5-15/h4-13H,1-3H3,(H,28,29). The SMILES string of the molecule is COc1cc(Nc2ccc(-n3cnc(C)c3)c(F)c2)c2nc(-c3ccc(F)cc3)n(C)c2n1. The van der Waals surface area contributed by atoms with Crippen LogP contribution in [0.4, 0.5) is 20.2 Å². The Bertz CT molecular complexity index is 1470. The van der Waals surface area contributed by atoms with Crippen LogP contribution in [0, 0.1) is 18.6 Å². The van der Waals surface area contributed by atoms with Crippen LogP contribution in [0.25, 0.3) is 28.2 Å². The van der Waals surface area contributed by atoms with Crippen LogP contribution in [0.2, 0.25) is 0 Å². The molecule has 5 rings (SSSR count). The van der Waals surface area contributed by atoms with Gasteiger partial charge in [-0.3, -0.25) is 0 Å². The number of ether oxygens (including phenoxy) is 1. The molecule has 33 heavy (non-hydrogen) atoms. The van der Waals surface area contributed by atoms with Crippen molar-refractivity contribution in [3.8, 4) is 23.0 Å². The summed E-state index contributed by atoms with van der Waals surface area (Å²) >= 11 is 0. The highest BCUT2D eigenvalue weighted by Gasteiger charge is 2.17. The number of rotatable bonds is 5. The summed E-state index contributed by atoms with van der Waals surface area (Å²) in [5, 5.41) is 3.23. The van der Waals surface area contributed by atoms with Crippen molar-refractivity contribution in [2.45, 2.75) is 6.92 Å². The number of methoxy groups -OCH3 is 1. The quantitative estimate of drug-likeness (QED) is 0.404. The summed E-state index contributed by atoms with van der Waals surface area (Å²) in [6.45, 7) is 1.85. The average Bonchev–Trinajstić information content (AvgIpc) is 3.38. The molecule has 0 aliphatic carbocycles. The molecule has 1 N–H and O–H groups in total. The van der Waals surface area contributed by atoms with E-state index in [2.05, 4.69) is 15.3 Å². The lowest BCUT2D eigenvalue weighted by Crippen LogP contribution is -1.99. The maximum absolute atomic E-state index is 14.9. The van der Waals surface area contributed by atoms with Crippen LogP contribution in [0.3, 0.4) is 0 Å². The number of benzene rings is 2. The highest BCUT2D eigenvalue weighted by atomic mass is 19.1. The van der Waals surface area contributed by atoms with E-state index in [1.165, 1.54) is 25.3 Å². The fourth-order valence-corrected chi connectivity index (χ4v) is 3.69. The molecule has 7 nitrogen and oxygen atoms in total. The third-order valence-corrected chi connectivity index (χ3v) is 5.33. The number of hydrogen-bond donors (Lipinski definition) is 1. The molecule has 0 saturated carbocycles. The van der Waals surface area contributed by atoms with E-state index < -0.39 is 5.82 Å². The van der Waals surface area contributed by atoms with E-state index >= 15 is 0 Å². The highest BCUT2D eigenvalue weighted by Crippen LogP contribution is 2.32. The minimum atomic E-state index is -0.400. The van der Waals surface area contributed by atoms with Crippen LogP contribution in [0.5, 0.6) is 5.88 Å². The lowest BCUT2D eigenvalue weighted by molar-refractivity contribution is 0.399. The van der Waals surface area contributed by atoms with Crippen molar-refractivity contribution in [3.63, 3.8) is 0 Å². The van der Waals surface area contributed by atoms with Crippen molar-refractivity contribution < 1.29 is 13.5 Å². The van der Waals surface area contributed by atoms with E-state index in [1.54, 1.807) is 52.0 Å². The van der Waals surface area contributed by atoms with E-state index in [0.29, 0.717) is 39.9 Å². The number of imidazole rings is 2. The summed E-state index contributed by atoms with van der Waals surface area (Å²) in [6.07, 6.45) is 3.33. The van der Waals surface area contributed by atoms with Crippen LogP contribution in [-0.4, -0.2) is 31.2 Å². The molecule has 0 atom stereocenters. The minimum absolute atomic E-state index is 0.323. The van der Waals surface area contributed by atoms with Gasteiger partial charge in [0.2, 0.25) is 5.88 Å². The van der Waals surface area contributed by atoms with Gasteiger partial charge in [-0.15, -0.1) is 0 Å². The summed E-state index contributed by atoms with van der Waals surface area (Å²) in [4.78, 5) is 13.4. The van der Waals surface area contributed by atoms with Gasteiger partial charge in [0.25, 0.3) is 0 Å². The summed E-state index contributed by atoms with van der Waals surface area (Å²) in [7, 11) is 3.35. The summed E-state index contributed by atoms with van der Waals surface area (Å²) in [5.74, 6) is 0.272. The molecular weight excluding hydrogens is 426 g/mol. The average molecular weight is 446 g/mol. The Balaban J connectivity index is 1.57. The molecule has 0 saturated heterocycles. The monoisotopic (exact) mass is 446 g/mol. The molecule has 5 aromatic rings. The number of nitrogens with one attached hydrogen (secondary N) is 1. The highest BCUT2D eigenvalue weighted by molar-refractivity contribution is 5.91. The van der Waals surface area contributed by atoms with Gasteiger partial charge >= 0.3 is 0 Å². The van der Waals surface area contributed by atoms with Gasteiger partial charge in [0.15, 0.2) is 5.65 Å². The van der Waals surface area contributed by atoms with Gasteiger partial charge < -0.3 is 19.2 Å². The molecule has 0 aliphatic heterocycles. The summed E-state index contributed by atoms with van der Waals surface area (Å²) in [6, 6.07) is 12.6. The smallest absolute Gasteiger partial charge is 0.217 e. The lowest BCUT2D eigenvalue weighted by Gasteiger charge is -2.11. The molecule has 166 valence electrons. The molecule has 0 unspecified atom stereocenters. The second kappa shape index (κ2) is 8.01. The normalized spacial score (nSPS) is 11.2. The van der Waals surface area contributed by atoms with Crippen molar-refractivity contribution in [2.24, 2.45) is 7.05 Å². The van der Waals surface area contributed by atoms with E-state index in [0.717, 1.165) is 11.3 Å². The molecule has 0 aliphatic rings. The topological polar surface area (TPSA) is 69.8 Å². The van der Waals surface area contributed by atoms with E-state index in [9.17, 15) is 8.78 Å². The van der Waals surface area contributed by atoms with Gasteiger partial charge in [-0.05, 0) is 49.4 Å². The molecule has 9 heteroatoms. The van der Waals surface area contributed by atoms with E-state index in [-0.39, 0.29) is 5.82 Å². The number of aryl methyl sites for hydroxylation is 2. The number of pyridine rings is 1. The summed E-state index contributed by atoms with van der Waals surface area (Å²) in [5.41, 5.74) is 4.23. The van der Waals surface area contributed by atoms with Crippen molar-refractivity contribution in [2.75, 3.05) is 12.4 Å². The van der Waals surface area contributed by atoms with Gasteiger partial charge in [0.05, 0.1) is 30.5 Å². The van der Waals surface area contributed by atoms with Crippen molar-refractivity contribution in [1.82, 2.24) is 24.1 Å². The minimum Gasteiger partial charge on any atom is -0.481 e. The van der Waals surface area contributed by atoms with Crippen LogP contribution in [0.1, 0.15) is 5.69 Å². The molecule has 2 aromatic carbocycles. The molecule has 0 radical (unpaired) electrons. The zero-order valence-corrected chi connectivity index (χ0v) is 18.2. The van der Waals surface area contributed by atoms with E-state index in [1.807, 2.05) is 14.0 Å². The van der Waals surface area contributed by atoms with Crippen LogP contribution in [-0.2, 0) is 7.05 Å². The molecule has 3 aromatic heterocycles. The second-order valence-electron chi connectivity index (χ2n) is 7.60. The number of hydrogen-bond acceptors (Lipinski definition) is 5. The Morgan fingerprint density at radius 2 is 1.79 bits per heavy atom. The largest absolute Gasteiger partial charge is 0.481 e. The fourth-order valence-electron chi connectivity index (χ4n) is 3.69. The third-order valence-electron chi connectivity index (χ3n) is 5.33. The molecular formula is C24H20F2N6O. The first kappa shape index (κ1) is 20.6. The van der Waals surface area contributed by atoms with Gasteiger partial charge in [-0.25, -0.2) is 18.7 Å². The van der Waals surface area contributed by atoms with E-state index in [4.69, 9.17) is 9.72 Å². The second-order valence-corrected chi connectivity index (χ2v) is 7.60. The molecule has 0 amide bonds. The third kappa shape index (κ3) is 3.78. The van der Waals surface area contributed by atoms with Crippen molar-refractivity contribution >= 4 is 22.5 Å². The summed E-state index contributed by atoms with van der Waals surface area (Å²) < 4.78 is 37.0. The molecule has 0 bridgehead atoms. The Kier molecular flexibility index (Phi) is 5.01. The Morgan fingerprint density at radius 1 is 1.00 bits per heavy atom. The zero-order chi connectivity index (χ0) is 23.1. The van der Waals surface area contributed by atoms with Gasteiger partial charge in [-0.1, -0.05) is 0 Å². The Labute approximate surface area is 188 Å². The number of aromatic nitrogens is 5. The first-order chi connectivity index (χ1) is 15.9. The maximum Gasteiger partial charge on any atom is 0.217 e.